The zero-order chi connectivity index (χ0) is 25.1. The Morgan fingerprint density at radius 2 is 1.77 bits per heavy atom. The third-order valence-corrected chi connectivity index (χ3v) is 8.16. The molecule has 5 atom stereocenters. The molecule has 4 N–H and O–H groups in total. The molecule has 1 aromatic rings. The summed E-state index contributed by atoms with van der Waals surface area (Å²) in [5, 5.41) is 10.5. The van der Waals surface area contributed by atoms with E-state index in [1.54, 1.807) is 4.90 Å². The molecule has 3 aliphatic carbocycles. The number of nitrogens with zero attached hydrogens (tertiary/aromatic N) is 1. The van der Waals surface area contributed by atoms with Gasteiger partial charge in [0, 0.05) is 24.8 Å². The van der Waals surface area contributed by atoms with E-state index < -0.39 is 13.9 Å². The first-order valence-electron chi connectivity index (χ1n) is 11.7. The summed E-state index contributed by atoms with van der Waals surface area (Å²) < 4.78 is 14.5. The van der Waals surface area contributed by atoms with E-state index >= 15 is 0 Å². The van der Waals surface area contributed by atoms with Crippen LogP contribution in [-0.2, 0) is 11.0 Å². The Morgan fingerprint density at radius 1 is 1.14 bits per heavy atom. The van der Waals surface area contributed by atoms with Crippen LogP contribution in [-0.4, -0.2) is 91.3 Å². The number of halogens is 2. The number of aliphatic hydroxyl groups excluding tert-OH is 1. The zero-order valence-corrected chi connectivity index (χ0v) is 21.7. The Morgan fingerprint density at radius 3 is 2.37 bits per heavy atom. The molecule has 3 aliphatic rings. The van der Waals surface area contributed by atoms with E-state index in [2.05, 4.69) is 13.0 Å². The van der Waals surface area contributed by atoms with Crippen LogP contribution in [0, 0.1) is 17.3 Å². The molecular formula is C23H35Cl2NNaO7P. The predicted molar refractivity (Wildman–Crippen MR) is 138 cm³/mol. The maximum absolute atomic E-state index is 12.4. The number of fused-ring (bicyclic) bond motifs is 5. The van der Waals surface area contributed by atoms with Crippen molar-refractivity contribution in [1.29, 1.82) is 0 Å². The van der Waals surface area contributed by atoms with Crippen molar-refractivity contribution < 1.29 is 33.9 Å². The first kappa shape index (κ1) is 31.4. The molecule has 0 saturated heterocycles. The van der Waals surface area contributed by atoms with Crippen LogP contribution in [0.3, 0.4) is 0 Å². The molecular weight excluding hydrogens is 527 g/mol. The molecule has 0 radical (unpaired) electrons. The summed E-state index contributed by atoms with van der Waals surface area (Å²) in [6.45, 7) is 3.15. The van der Waals surface area contributed by atoms with Crippen LogP contribution < -0.4 is 4.74 Å². The number of phosphoric acid groups is 1. The van der Waals surface area contributed by atoms with Crippen LogP contribution in [0.25, 0.3) is 0 Å². The maximum atomic E-state index is 12.4. The van der Waals surface area contributed by atoms with Gasteiger partial charge in [0.2, 0.25) is 0 Å². The van der Waals surface area contributed by atoms with Crippen molar-refractivity contribution in [2.24, 2.45) is 17.3 Å². The SMILES string of the molecule is C[C@]12CC[C@@H]3c4ccc(OC(=O)N(CCCl)CCCl)cc4CC[C@H]3[C@@H]1CC[C@@H]2O.O=P(O)(O)O.[NaH]. The molecule has 2 fully saturated rings. The standard InChI is InChI=1S/C23H31Cl2NO3.Na.H3O4P.H/c1-23-9-8-18-17-5-3-16(29-22(28)26(12-10-24)13-11-25)14-15(17)2-4-19(18)20(23)6-7-21(23)27;;1-5(2,3)4;/h3,5,14,18-21,27H,2,4,6-13H2,1H3;;(H3,1,2,3,4);/t18-,19-,20+,21+,23+;;;/m1.../s1. The van der Waals surface area contributed by atoms with Crippen molar-refractivity contribution in [3.05, 3.63) is 29.3 Å². The van der Waals surface area contributed by atoms with E-state index in [9.17, 15) is 9.90 Å². The first-order chi connectivity index (χ1) is 16.0. The number of rotatable bonds is 5. The van der Waals surface area contributed by atoms with Crippen molar-refractivity contribution in [3.63, 3.8) is 0 Å². The molecule has 8 nitrogen and oxygen atoms in total. The quantitative estimate of drug-likeness (QED) is 0.245. The van der Waals surface area contributed by atoms with Gasteiger partial charge in [0.25, 0.3) is 0 Å². The van der Waals surface area contributed by atoms with Gasteiger partial charge < -0.3 is 29.4 Å². The van der Waals surface area contributed by atoms with E-state index in [1.807, 2.05) is 12.1 Å². The molecule has 0 heterocycles. The Hall–Kier alpha value is 0.140. The zero-order valence-electron chi connectivity index (χ0n) is 19.3. The molecule has 0 aliphatic heterocycles. The summed E-state index contributed by atoms with van der Waals surface area (Å²) in [6.07, 6.45) is 5.98. The number of carbonyl (C=O) groups is 1. The summed E-state index contributed by atoms with van der Waals surface area (Å²) in [5.41, 5.74) is 2.82. The Bertz CT molecular complexity index is 906. The summed E-state index contributed by atoms with van der Waals surface area (Å²) in [5.74, 6) is 3.16. The van der Waals surface area contributed by atoms with Crippen molar-refractivity contribution in [2.75, 3.05) is 24.8 Å². The summed E-state index contributed by atoms with van der Waals surface area (Å²) in [4.78, 5) is 35.5. The molecule has 0 aromatic heterocycles. The average molecular weight is 562 g/mol. The third kappa shape index (κ3) is 7.82. The molecule has 194 valence electrons. The second-order valence-corrected chi connectivity index (χ2v) is 11.4. The normalized spacial score (nSPS) is 28.9. The van der Waals surface area contributed by atoms with Gasteiger partial charge in [-0.2, -0.15) is 0 Å². The number of aryl methyl sites for hydroxylation is 1. The second-order valence-electron chi connectivity index (χ2n) is 9.66. The van der Waals surface area contributed by atoms with Gasteiger partial charge in [-0.1, -0.05) is 13.0 Å². The fourth-order valence-corrected chi connectivity index (χ4v) is 6.67. The minimum absolute atomic E-state index is 0. The van der Waals surface area contributed by atoms with Crippen LogP contribution in [0.15, 0.2) is 18.2 Å². The number of carbonyl (C=O) groups excluding carboxylic acids is 1. The number of hydrogen-bond acceptors (Lipinski definition) is 4. The van der Waals surface area contributed by atoms with E-state index in [0.717, 1.165) is 38.5 Å². The molecule has 4 rings (SSSR count). The van der Waals surface area contributed by atoms with E-state index in [0.29, 0.717) is 48.4 Å². The molecule has 0 bridgehead atoms. The molecule has 0 unspecified atom stereocenters. The fraction of sp³-hybridized carbons (Fsp3) is 0.696. The van der Waals surface area contributed by atoms with E-state index in [4.69, 9.17) is 47.2 Å². The summed E-state index contributed by atoms with van der Waals surface area (Å²) >= 11 is 11.6. The van der Waals surface area contributed by atoms with E-state index in [-0.39, 0.29) is 41.1 Å². The van der Waals surface area contributed by atoms with Crippen LogP contribution >= 0.6 is 31.0 Å². The van der Waals surface area contributed by atoms with Crippen molar-refractivity contribution in [1.82, 2.24) is 4.90 Å². The number of ether oxygens (including phenoxy) is 1. The van der Waals surface area contributed by atoms with Gasteiger partial charge in [0.1, 0.15) is 5.75 Å². The first-order valence-corrected chi connectivity index (χ1v) is 14.3. The fourth-order valence-electron chi connectivity index (χ4n) is 6.26. The second kappa shape index (κ2) is 13.3. The number of alkyl halides is 2. The van der Waals surface area contributed by atoms with Crippen molar-refractivity contribution in [2.45, 2.75) is 57.5 Å². The van der Waals surface area contributed by atoms with Gasteiger partial charge in [-0.3, -0.25) is 0 Å². The van der Waals surface area contributed by atoms with Gasteiger partial charge in [-0.15, -0.1) is 23.2 Å². The number of aliphatic hydroxyl groups is 1. The van der Waals surface area contributed by atoms with Gasteiger partial charge in [-0.05, 0) is 85.0 Å². The Labute approximate surface area is 238 Å². The summed E-state index contributed by atoms with van der Waals surface area (Å²) in [7, 11) is -4.64. The Kier molecular flexibility index (Phi) is 11.9. The number of amides is 1. The van der Waals surface area contributed by atoms with Gasteiger partial charge in [-0.25, -0.2) is 9.36 Å². The van der Waals surface area contributed by atoms with Gasteiger partial charge >= 0.3 is 43.5 Å². The summed E-state index contributed by atoms with van der Waals surface area (Å²) in [6, 6.07) is 6.13. The molecule has 0 spiro atoms. The van der Waals surface area contributed by atoms with Crippen LogP contribution in [0.1, 0.15) is 56.1 Å². The van der Waals surface area contributed by atoms with E-state index in [1.165, 1.54) is 11.1 Å². The molecule has 1 aromatic carbocycles. The number of benzene rings is 1. The van der Waals surface area contributed by atoms with Gasteiger partial charge in [0.05, 0.1) is 6.10 Å². The molecule has 12 heteroatoms. The molecule has 2 saturated carbocycles. The van der Waals surface area contributed by atoms with Gasteiger partial charge in [0.15, 0.2) is 0 Å². The van der Waals surface area contributed by atoms with Crippen LogP contribution in [0.5, 0.6) is 5.75 Å². The monoisotopic (exact) mass is 561 g/mol. The van der Waals surface area contributed by atoms with Crippen LogP contribution in [0.2, 0.25) is 0 Å². The number of hydrogen-bond donors (Lipinski definition) is 4. The minimum atomic E-state index is -4.64. The molecule has 35 heavy (non-hydrogen) atoms. The topological polar surface area (TPSA) is 128 Å². The third-order valence-electron chi connectivity index (χ3n) is 7.82. The van der Waals surface area contributed by atoms with Crippen molar-refractivity contribution >= 4 is 66.7 Å². The predicted octanol–water partition coefficient (Wildman–Crippen LogP) is 3.60. The van der Waals surface area contributed by atoms with Crippen molar-refractivity contribution in [3.8, 4) is 5.75 Å². The molecule has 1 amide bonds. The Balaban J connectivity index is 0.000000656. The average Bonchev–Trinajstić information content (AvgIpc) is 3.06. The van der Waals surface area contributed by atoms with Crippen LogP contribution in [0.4, 0.5) is 4.79 Å².